The van der Waals surface area contributed by atoms with E-state index in [1.807, 2.05) is 0 Å². The molecule has 4 rings (SSSR count). The summed E-state index contributed by atoms with van der Waals surface area (Å²) in [5.41, 5.74) is 4.20. The Balaban J connectivity index is 1.43. The Morgan fingerprint density at radius 3 is 2.59 bits per heavy atom. The Hall–Kier alpha value is -4.46. The zero-order valence-corrected chi connectivity index (χ0v) is 21.3. The number of benzene rings is 3. The van der Waals surface area contributed by atoms with Gasteiger partial charge in [-0.05, 0) is 70.1 Å². The van der Waals surface area contributed by atoms with Gasteiger partial charge in [-0.3, -0.25) is 14.9 Å². The second-order valence-corrected chi connectivity index (χ2v) is 8.78. The molecule has 12 heteroatoms. The minimum absolute atomic E-state index is 0.0417. The topological polar surface area (TPSA) is 154 Å². The van der Waals surface area contributed by atoms with Gasteiger partial charge in [-0.1, -0.05) is 12.1 Å². The molecule has 188 valence electrons. The number of ether oxygens (including phenoxy) is 2. The molecule has 0 saturated heterocycles. The third-order valence-electron chi connectivity index (χ3n) is 5.15. The van der Waals surface area contributed by atoms with E-state index in [0.717, 1.165) is 9.13 Å². The lowest BCUT2D eigenvalue weighted by molar-refractivity contribution is -0.384. The van der Waals surface area contributed by atoms with Crippen LogP contribution in [0.1, 0.15) is 32.0 Å². The number of carbonyl (C=O) groups excluding carboxylic acids is 1. The van der Waals surface area contributed by atoms with E-state index in [-0.39, 0.29) is 23.6 Å². The number of amides is 1. The molecular weight excluding hydrogens is 597 g/mol. The number of halogens is 1. The minimum atomic E-state index is -0.999. The summed E-state index contributed by atoms with van der Waals surface area (Å²) in [6, 6.07) is 15.3. The summed E-state index contributed by atoms with van der Waals surface area (Å²) >= 11 is 2.09. The number of fused-ring (bicyclic) bond motifs is 1. The Morgan fingerprint density at radius 2 is 1.92 bits per heavy atom. The van der Waals surface area contributed by atoms with Gasteiger partial charge in [-0.2, -0.15) is 5.10 Å². The van der Waals surface area contributed by atoms with E-state index in [0.29, 0.717) is 28.0 Å². The average molecular weight is 615 g/mol. The third kappa shape index (κ3) is 6.03. The monoisotopic (exact) mass is 615 g/mol. The summed E-state index contributed by atoms with van der Waals surface area (Å²) in [4.78, 5) is 33.8. The van der Waals surface area contributed by atoms with Crippen LogP contribution in [0.3, 0.4) is 0 Å². The highest BCUT2D eigenvalue weighted by Crippen LogP contribution is 2.34. The molecule has 0 saturated carbocycles. The summed E-state index contributed by atoms with van der Waals surface area (Å²) < 4.78 is 17.5. The van der Waals surface area contributed by atoms with Gasteiger partial charge in [0.05, 0.1) is 27.4 Å². The van der Waals surface area contributed by atoms with Crippen LogP contribution in [0.5, 0.6) is 11.5 Å². The fourth-order valence-corrected chi connectivity index (χ4v) is 4.11. The quantitative estimate of drug-likeness (QED) is 0.116. The van der Waals surface area contributed by atoms with Gasteiger partial charge in [-0.15, -0.1) is 0 Å². The average Bonchev–Trinajstić information content (AvgIpc) is 3.31. The molecule has 0 fully saturated rings. The summed E-state index contributed by atoms with van der Waals surface area (Å²) in [5.74, 6) is -0.713. The standard InChI is InChI=1S/C25H18IN3O8/c1-35-21-9-15(8-19(26)23(21)36-13-14-2-4-16(5-3-14)25(31)32)12-27-28-24(30)22-11-17-10-18(29(33)34)6-7-20(17)37-22/h2-12H,13H2,1H3,(H,28,30)(H,31,32)/b27-12-. The van der Waals surface area contributed by atoms with Gasteiger partial charge in [-0.25, -0.2) is 10.2 Å². The van der Waals surface area contributed by atoms with Gasteiger partial charge in [0.15, 0.2) is 17.3 Å². The molecule has 37 heavy (non-hydrogen) atoms. The first-order valence-electron chi connectivity index (χ1n) is 10.6. The van der Waals surface area contributed by atoms with Crippen molar-refractivity contribution in [2.75, 3.05) is 7.11 Å². The van der Waals surface area contributed by atoms with Crippen LogP contribution in [0.25, 0.3) is 11.0 Å². The van der Waals surface area contributed by atoms with Crippen LogP contribution in [-0.4, -0.2) is 35.2 Å². The SMILES string of the molecule is COc1cc(/C=N\NC(=O)c2cc3cc([N+](=O)[O-])ccc3o2)cc(I)c1OCc1ccc(C(=O)O)cc1. The lowest BCUT2D eigenvalue weighted by Crippen LogP contribution is -2.16. The molecular formula is C25H18IN3O8. The first-order valence-corrected chi connectivity index (χ1v) is 11.7. The van der Waals surface area contributed by atoms with Crippen LogP contribution in [0, 0.1) is 13.7 Å². The van der Waals surface area contributed by atoms with Crippen molar-refractivity contribution < 1.29 is 33.5 Å². The summed E-state index contributed by atoms with van der Waals surface area (Å²) in [6.45, 7) is 0.205. The van der Waals surface area contributed by atoms with E-state index in [1.54, 1.807) is 24.3 Å². The van der Waals surface area contributed by atoms with Gasteiger partial charge in [0, 0.05) is 17.5 Å². The number of nitro groups is 1. The number of furan rings is 1. The Kier molecular flexibility index (Phi) is 7.67. The number of carboxylic acids is 1. The van der Waals surface area contributed by atoms with Crippen molar-refractivity contribution in [1.82, 2.24) is 5.43 Å². The lowest BCUT2D eigenvalue weighted by atomic mass is 10.1. The maximum absolute atomic E-state index is 12.4. The van der Waals surface area contributed by atoms with Crippen molar-refractivity contribution in [3.63, 3.8) is 0 Å². The highest BCUT2D eigenvalue weighted by Gasteiger charge is 2.15. The van der Waals surface area contributed by atoms with E-state index < -0.39 is 16.8 Å². The van der Waals surface area contributed by atoms with Crippen molar-refractivity contribution in [1.29, 1.82) is 0 Å². The van der Waals surface area contributed by atoms with Crippen molar-refractivity contribution in [2.24, 2.45) is 5.10 Å². The number of nitro benzene ring substituents is 1. The smallest absolute Gasteiger partial charge is 0.335 e. The van der Waals surface area contributed by atoms with Gasteiger partial charge in [0.25, 0.3) is 5.69 Å². The number of hydrazone groups is 1. The van der Waals surface area contributed by atoms with E-state index in [2.05, 4.69) is 33.1 Å². The number of aromatic carboxylic acids is 1. The number of methoxy groups -OCH3 is 1. The third-order valence-corrected chi connectivity index (χ3v) is 5.95. The van der Waals surface area contributed by atoms with Crippen molar-refractivity contribution in [3.8, 4) is 11.5 Å². The van der Waals surface area contributed by atoms with Crippen LogP contribution < -0.4 is 14.9 Å². The molecule has 0 spiro atoms. The van der Waals surface area contributed by atoms with Gasteiger partial charge in [0.1, 0.15) is 12.2 Å². The molecule has 0 unspecified atom stereocenters. The molecule has 4 aromatic rings. The first kappa shape index (κ1) is 25.6. The molecule has 1 heterocycles. The number of nitrogens with one attached hydrogen (secondary N) is 1. The van der Waals surface area contributed by atoms with E-state index >= 15 is 0 Å². The fourth-order valence-electron chi connectivity index (χ4n) is 3.33. The van der Waals surface area contributed by atoms with Crippen molar-refractivity contribution in [2.45, 2.75) is 6.61 Å². The number of hydrogen-bond donors (Lipinski definition) is 2. The largest absolute Gasteiger partial charge is 0.493 e. The lowest BCUT2D eigenvalue weighted by Gasteiger charge is -2.13. The molecule has 2 N–H and O–H groups in total. The number of carboxylic acid groups (broad SMARTS) is 1. The van der Waals surface area contributed by atoms with Gasteiger partial charge >= 0.3 is 11.9 Å². The summed E-state index contributed by atoms with van der Waals surface area (Å²) in [5, 5.41) is 24.3. The summed E-state index contributed by atoms with van der Waals surface area (Å²) in [6.07, 6.45) is 1.42. The number of nitrogens with zero attached hydrogens (tertiary/aromatic N) is 2. The molecule has 0 bridgehead atoms. The number of carbonyl (C=O) groups is 2. The van der Waals surface area contributed by atoms with Gasteiger partial charge < -0.3 is 19.0 Å². The Bertz CT molecular complexity index is 1530. The maximum atomic E-state index is 12.4. The number of hydrogen-bond acceptors (Lipinski definition) is 8. The molecule has 0 radical (unpaired) electrons. The molecule has 1 aromatic heterocycles. The van der Waals surface area contributed by atoms with E-state index in [9.17, 15) is 19.7 Å². The maximum Gasteiger partial charge on any atom is 0.335 e. The molecule has 0 aliphatic rings. The fraction of sp³-hybridized carbons (Fsp3) is 0.0800. The van der Waals surface area contributed by atoms with Crippen LogP contribution in [0.15, 0.2) is 70.2 Å². The van der Waals surface area contributed by atoms with Crippen LogP contribution in [0.2, 0.25) is 0 Å². The van der Waals surface area contributed by atoms with E-state index in [1.165, 1.54) is 49.7 Å². The highest BCUT2D eigenvalue weighted by atomic mass is 127. The van der Waals surface area contributed by atoms with Crippen molar-refractivity contribution in [3.05, 3.63) is 96.8 Å². The predicted molar refractivity (Wildman–Crippen MR) is 141 cm³/mol. The highest BCUT2D eigenvalue weighted by molar-refractivity contribution is 14.1. The van der Waals surface area contributed by atoms with Crippen LogP contribution in [0.4, 0.5) is 5.69 Å². The number of non-ortho nitro benzene ring substituents is 1. The Labute approximate surface area is 223 Å². The van der Waals surface area contributed by atoms with Crippen LogP contribution in [-0.2, 0) is 6.61 Å². The zero-order valence-electron chi connectivity index (χ0n) is 19.1. The molecule has 0 atom stereocenters. The molecule has 0 aliphatic heterocycles. The predicted octanol–water partition coefficient (Wildman–Crippen LogP) is 5.00. The first-order chi connectivity index (χ1) is 17.7. The summed E-state index contributed by atoms with van der Waals surface area (Å²) in [7, 11) is 1.49. The second-order valence-electron chi connectivity index (χ2n) is 7.61. The molecule has 1 amide bonds. The van der Waals surface area contributed by atoms with E-state index in [4.69, 9.17) is 19.0 Å². The Morgan fingerprint density at radius 1 is 1.16 bits per heavy atom. The van der Waals surface area contributed by atoms with Crippen molar-refractivity contribution >= 4 is 57.3 Å². The normalized spacial score (nSPS) is 11.0. The second kappa shape index (κ2) is 11.1. The van der Waals surface area contributed by atoms with Gasteiger partial charge in [0.2, 0.25) is 0 Å². The minimum Gasteiger partial charge on any atom is -0.493 e. The molecule has 0 aliphatic carbocycles. The van der Waals surface area contributed by atoms with Crippen LogP contribution >= 0.6 is 22.6 Å². The number of rotatable bonds is 9. The molecule has 11 nitrogen and oxygen atoms in total. The zero-order chi connectivity index (χ0) is 26.5. The molecule has 3 aromatic carbocycles.